The van der Waals surface area contributed by atoms with Crippen LogP contribution < -0.4 is 0 Å². The third-order valence-corrected chi connectivity index (χ3v) is 5.39. The highest BCUT2D eigenvalue weighted by molar-refractivity contribution is 6.30. The molecule has 2 aromatic rings. The number of hydrogen-bond acceptors (Lipinski definition) is 4. The summed E-state index contributed by atoms with van der Waals surface area (Å²) in [6, 6.07) is 7.22. The van der Waals surface area contributed by atoms with Crippen molar-refractivity contribution < 1.29 is 9.32 Å². The molecule has 0 bridgehead atoms. The van der Waals surface area contributed by atoms with Crippen molar-refractivity contribution >= 4 is 17.5 Å². The van der Waals surface area contributed by atoms with Crippen molar-refractivity contribution in [3.63, 3.8) is 0 Å². The van der Waals surface area contributed by atoms with Gasteiger partial charge in [0.15, 0.2) is 0 Å². The van der Waals surface area contributed by atoms with Gasteiger partial charge in [-0.2, -0.15) is 4.98 Å². The quantitative estimate of drug-likeness (QED) is 0.622. The second-order valence-electron chi connectivity index (χ2n) is 9.14. The van der Waals surface area contributed by atoms with Gasteiger partial charge in [-0.3, -0.25) is 4.79 Å². The standard InChI is InChI=1S/C22H30ClN3O2/c1-15(14-22(2,3)4)13-19(27)26-12-6-5-7-18(26)21-24-20(25-28-21)16-8-10-17(23)11-9-16/h8-11,15,18H,5-7,12-14H2,1-4H3/t15-,18+/m0/s1. The summed E-state index contributed by atoms with van der Waals surface area (Å²) in [5.74, 6) is 1.60. The summed E-state index contributed by atoms with van der Waals surface area (Å²) in [4.78, 5) is 19.6. The Morgan fingerprint density at radius 1 is 1.29 bits per heavy atom. The Hall–Kier alpha value is -1.88. The van der Waals surface area contributed by atoms with Crippen molar-refractivity contribution in [3.05, 3.63) is 35.2 Å². The average Bonchev–Trinajstić information content (AvgIpc) is 3.10. The number of rotatable bonds is 5. The molecule has 2 heterocycles. The molecule has 6 heteroatoms. The molecule has 0 saturated carbocycles. The summed E-state index contributed by atoms with van der Waals surface area (Å²) in [6.07, 6.45) is 4.53. The van der Waals surface area contributed by atoms with Gasteiger partial charge in [-0.15, -0.1) is 0 Å². The first kappa shape index (κ1) is 20.8. The molecular weight excluding hydrogens is 374 g/mol. The largest absolute Gasteiger partial charge is 0.337 e. The van der Waals surface area contributed by atoms with Gasteiger partial charge in [-0.25, -0.2) is 0 Å². The third-order valence-electron chi connectivity index (χ3n) is 5.14. The fourth-order valence-corrected chi connectivity index (χ4v) is 4.23. The Labute approximate surface area is 172 Å². The lowest BCUT2D eigenvalue weighted by Gasteiger charge is -2.34. The Morgan fingerprint density at radius 2 is 2.00 bits per heavy atom. The number of amides is 1. The van der Waals surface area contributed by atoms with Gasteiger partial charge in [0.05, 0.1) is 0 Å². The molecule has 1 aliphatic heterocycles. The van der Waals surface area contributed by atoms with Gasteiger partial charge in [0.1, 0.15) is 6.04 Å². The first-order valence-electron chi connectivity index (χ1n) is 10.1. The Bertz CT molecular complexity index is 795. The molecule has 5 nitrogen and oxygen atoms in total. The average molecular weight is 404 g/mol. The number of benzene rings is 1. The minimum absolute atomic E-state index is 0.128. The Balaban J connectivity index is 1.73. The number of carbonyl (C=O) groups excluding carboxylic acids is 1. The van der Waals surface area contributed by atoms with Crippen LogP contribution in [0.15, 0.2) is 28.8 Å². The summed E-state index contributed by atoms with van der Waals surface area (Å²) in [6.45, 7) is 9.56. The molecule has 1 aliphatic rings. The van der Waals surface area contributed by atoms with Crippen molar-refractivity contribution in [2.24, 2.45) is 11.3 Å². The predicted molar refractivity (Wildman–Crippen MR) is 111 cm³/mol. The number of nitrogens with zero attached hydrogens (tertiary/aromatic N) is 3. The van der Waals surface area contributed by atoms with Crippen LogP contribution in [0.4, 0.5) is 0 Å². The van der Waals surface area contributed by atoms with Crippen molar-refractivity contribution in [1.82, 2.24) is 15.0 Å². The molecule has 0 N–H and O–H groups in total. The van der Waals surface area contributed by atoms with Gasteiger partial charge in [0, 0.05) is 23.6 Å². The molecule has 0 unspecified atom stereocenters. The lowest BCUT2D eigenvalue weighted by Crippen LogP contribution is -2.39. The van der Waals surface area contributed by atoms with E-state index < -0.39 is 0 Å². The highest BCUT2D eigenvalue weighted by Gasteiger charge is 2.33. The summed E-state index contributed by atoms with van der Waals surface area (Å²) in [7, 11) is 0. The van der Waals surface area contributed by atoms with E-state index in [1.54, 1.807) is 12.1 Å². The number of likely N-dealkylation sites (tertiary alicyclic amines) is 1. The van der Waals surface area contributed by atoms with Crippen LogP contribution in [0.5, 0.6) is 0 Å². The Morgan fingerprint density at radius 3 is 2.68 bits per heavy atom. The highest BCUT2D eigenvalue weighted by atomic mass is 35.5. The maximum atomic E-state index is 13.0. The van der Waals surface area contributed by atoms with E-state index in [1.807, 2.05) is 17.0 Å². The van der Waals surface area contributed by atoms with E-state index in [1.165, 1.54) is 0 Å². The molecule has 3 rings (SSSR count). The minimum atomic E-state index is -0.128. The molecule has 1 amide bonds. The van der Waals surface area contributed by atoms with E-state index in [0.717, 1.165) is 37.8 Å². The minimum Gasteiger partial charge on any atom is -0.337 e. The van der Waals surface area contributed by atoms with Crippen LogP contribution >= 0.6 is 11.6 Å². The summed E-state index contributed by atoms with van der Waals surface area (Å²) >= 11 is 5.95. The zero-order chi connectivity index (χ0) is 20.3. The second kappa shape index (κ2) is 8.64. The van der Waals surface area contributed by atoms with Gasteiger partial charge in [-0.05, 0) is 61.3 Å². The smallest absolute Gasteiger partial charge is 0.249 e. The van der Waals surface area contributed by atoms with Crippen LogP contribution in [0.2, 0.25) is 5.02 Å². The van der Waals surface area contributed by atoms with Gasteiger partial charge in [0.2, 0.25) is 17.6 Å². The number of hydrogen-bond donors (Lipinski definition) is 0. The first-order chi connectivity index (χ1) is 13.2. The molecule has 2 atom stereocenters. The zero-order valence-corrected chi connectivity index (χ0v) is 18.0. The third kappa shape index (κ3) is 5.34. The molecule has 28 heavy (non-hydrogen) atoms. The molecule has 0 spiro atoms. The van der Waals surface area contributed by atoms with E-state index in [0.29, 0.717) is 29.1 Å². The fourth-order valence-electron chi connectivity index (χ4n) is 4.11. The number of halogens is 1. The highest BCUT2D eigenvalue weighted by Crippen LogP contribution is 2.33. The SMILES string of the molecule is C[C@@H](CC(=O)N1CCCC[C@@H]1c1nc(-c2ccc(Cl)cc2)no1)CC(C)(C)C. The molecule has 1 aromatic heterocycles. The van der Waals surface area contributed by atoms with Gasteiger partial charge < -0.3 is 9.42 Å². The molecule has 1 saturated heterocycles. The molecule has 0 aliphatic carbocycles. The lowest BCUT2D eigenvalue weighted by molar-refractivity contribution is -0.136. The van der Waals surface area contributed by atoms with E-state index in [9.17, 15) is 4.79 Å². The molecule has 0 radical (unpaired) electrons. The van der Waals surface area contributed by atoms with Crippen LogP contribution in [-0.2, 0) is 4.79 Å². The van der Waals surface area contributed by atoms with Crippen LogP contribution in [0, 0.1) is 11.3 Å². The summed E-state index contributed by atoms with van der Waals surface area (Å²) in [5.41, 5.74) is 1.08. The monoisotopic (exact) mass is 403 g/mol. The lowest BCUT2D eigenvalue weighted by atomic mass is 9.84. The Kier molecular flexibility index (Phi) is 6.43. The summed E-state index contributed by atoms with van der Waals surface area (Å²) in [5, 5.41) is 4.79. The molecule has 1 aromatic carbocycles. The number of piperidine rings is 1. The van der Waals surface area contributed by atoms with Crippen LogP contribution in [-0.4, -0.2) is 27.5 Å². The van der Waals surface area contributed by atoms with Crippen LogP contribution in [0.25, 0.3) is 11.4 Å². The van der Waals surface area contributed by atoms with Crippen molar-refractivity contribution in [1.29, 1.82) is 0 Å². The normalized spacial score (nSPS) is 18.9. The molecule has 152 valence electrons. The predicted octanol–water partition coefficient (Wildman–Crippen LogP) is 5.91. The van der Waals surface area contributed by atoms with Gasteiger partial charge >= 0.3 is 0 Å². The van der Waals surface area contributed by atoms with Crippen molar-refractivity contribution in [2.75, 3.05) is 6.54 Å². The topological polar surface area (TPSA) is 59.2 Å². The van der Waals surface area contributed by atoms with Gasteiger partial charge in [-0.1, -0.05) is 44.5 Å². The maximum Gasteiger partial charge on any atom is 0.249 e. The molecule has 1 fully saturated rings. The maximum absolute atomic E-state index is 13.0. The van der Waals surface area contributed by atoms with E-state index in [2.05, 4.69) is 37.8 Å². The van der Waals surface area contributed by atoms with E-state index >= 15 is 0 Å². The van der Waals surface area contributed by atoms with E-state index in [4.69, 9.17) is 16.1 Å². The number of aromatic nitrogens is 2. The van der Waals surface area contributed by atoms with Crippen LogP contribution in [0.3, 0.4) is 0 Å². The van der Waals surface area contributed by atoms with Crippen molar-refractivity contribution in [3.8, 4) is 11.4 Å². The summed E-state index contributed by atoms with van der Waals surface area (Å²) < 4.78 is 5.57. The second-order valence-corrected chi connectivity index (χ2v) is 9.57. The van der Waals surface area contributed by atoms with Crippen molar-refractivity contribution in [2.45, 2.75) is 65.8 Å². The zero-order valence-electron chi connectivity index (χ0n) is 17.2. The first-order valence-corrected chi connectivity index (χ1v) is 10.5. The van der Waals surface area contributed by atoms with E-state index in [-0.39, 0.29) is 17.4 Å². The van der Waals surface area contributed by atoms with Crippen LogP contribution in [0.1, 0.15) is 71.7 Å². The fraction of sp³-hybridized carbons (Fsp3) is 0.591. The van der Waals surface area contributed by atoms with Gasteiger partial charge in [0.25, 0.3) is 0 Å². The number of carbonyl (C=O) groups is 1. The molecular formula is C22H30ClN3O2.